The van der Waals surface area contributed by atoms with Crippen molar-refractivity contribution in [3.8, 4) is 0 Å². The number of esters is 2. The SMILES string of the molecule is CC/C=C\C/C=C\C/C=C\C/C=C\CCCCCCCCC(=O)OC(COC(=O)CCCCCCCCCCCCCCCCCCCCCCC/C=C\CCCCCCCCCC)COP(=O)([O-])OCC[N+](C)(C)C. The number of nitrogens with zero attached hydrogens (tertiary/aromatic N) is 1. The van der Waals surface area contributed by atoms with Crippen molar-refractivity contribution >= 4 is 19.8 Å². The number of unbranched alkanes of at least 4 members (excludes halogenated alkanes) is 35. The van der Waals surface area contributed by atoms with Gasteiger partial charge in [0.2, 0.25) is 0 Å². The molecule has 0 saturated heterocycles. The Balaban J connectivity index is 4.01. The molecule has 9 nitrogen and oxygen atoms in total. The van der Waals surface area contributed by atoms with Gasteiger partial charge >= 0.3 is 11.9 Å². The molecule has 2 atom stereocenters. The Bertz CT molecular complexity index is 1470. The Labute approximate surface area is 470 Å². The molecule has 2 unspecified atom stereocenters. The first kappa shape index (κ1) is 73.7. The van der Waals surface area contributed by atoms with Gasteiger partial charge in [-0.2, -0.15) is 0 Å². The molecule has 0 fully saturated rings. The number of ether oxygens (including phenoxy) is 2. The molecule has 0 N–H and O–H groups in total. The van der Waals surface area contributed by atoms with Gasteiger partial charge in [-0.05, 0) is 77.0 Å². The minimum Gasteiger partial charge on any atom is -0.756 e. The van der Waals surface area contributed by atoms with E-state index >= 15 is 0 Å². The van der Waals surface area contributed by atoms with Gasteiger partial charge in [-0.15, -0.1) is 0 Å². The van der Waals surface area contributed by atoms with Gasteiger partial charge in [-0.25, -0.2) is 0 Å². The third-order valence-electron chi connectivity index (χ3n) is 14.0. The number of quaternary nitrogens is 1. The molecule has 0 rings (SSSR count). The summed E-state index contributed by atoms with van der Waals surface area (Å²) in [6.45, 7) is 4.14. The van der Waals surface area contributed by atoms with Crippen LogP contribution < -0.4 is 4.89 Å². The van der Waals surface area contributed by atoms with Crippen molar-refractivity contribution in [3.63, 3.8) is 0 Å². The van der Waals surface area contributed by atoms with Gasteiger partial charge in [0.25, 0.3) is 7.82 Å². The Morgan fingerprint density at radius 2 is 0.750 bits per heavy atom. The van der Waals surface area contributed by atoms with E-state index in [4.69, 9.17) is 18.5 Å². The zero-order valence-corrected chi connectivity index (χ0v) is 51.3. The maximum Gasteiger partial charge on any atom is 0.306 e. The predicted molar refractivity (Wildman–Crippen MR) is 323 cm³/mol. The molecular formula is C66H122NO8P. The Hall–Kier alpha value is -2.29. The van der Waals surface area contributed by atoms with Crippen LogP contribution in [0.15, 0.2) is 60.8 Å². The molecule has 0 aliphatic carbocycles. The van der Waals surface area contributed by atoms with Gasteiger partial charge < -0.3 is 27.9 Å². The molecule has 0 bridgehead atoms. The van der Waals surface area contributed by atoms with Crippen LogP contribution in [0.5, 0.6) is 0 Å². The highest BCUT2D eigenvalue weighted by Crippen LogP contribution is 2.38. The smallest absolute Gasteiger partial charge is 0.306 e. The molecule has 10 heteroatoms. The normalized spacial score (nSPS) is 13.6. The van der Waals surface area contributed by atoms with Gasteiger partial charge in [0.05, 0.1) is 27.7 Å². The van der Waals surface area contributed by atoms with Crippen molar-refractivity contribution in [1.82, 2.24) is 0 Å². The minimum absolute atomic E-state index is 0.0347. The summed E-state index contributed by atoms with van der Waals surface area (Å²) < 4.78 is 34.2. The number of hydrogen-bond acceptors (Lipinski definition) is 8. The van der Waals surface area contributed by atoms with Crippen LogP contribution in [0.25, 0.3) is 0 Å². The average molecular weight is 1090 g/mol. The quantitative estimate of drug-likeness (QED) is 0.0195. The Morgan fingerprint density at radius 3 is 1.13 bits per heavy atom. The maximum atomic E-state index is 12.8. The second kappa shape index (κ2) is 57.4. The Kier molecular flexibility index (Phi) is 55.7. The molecule has 0 saturated carbocycles. The second-order valence-corrected chi connectivity index (χ2v) is 24.2. The third kappa shape index (κ3) is 60.9. The first-order valence-electron chi connectivity index (χ1n) is 32.0. The van der Waals surface area contributed by atoms with E-state index in [1.807, 2.05) is 21.1 Å². The number of likely N-dealkylation sites (N-methyl/N-ethyl adjacent to an activating group) is 1. The first-order chi connectivity index (χ1) is 37.0. The van der Waals surface area contributed by atoms with Crippen molar-refractivity contribution < 1.29 is 42.1 Å². The topological polar surface area (TPSA) is 111 Å². The van der Waals surface area contributed by atoms with Crippen LogP contribution in [0.3, 0.4) is 0 Å². The Morgan fingerprint density at radius 1 is 0.421 bits per heavy atom. The van der Waals surface area contributed by atoms with Crippen LogP contribution in [0, 0.1) is 0 Å². The van der Waals surface area contributed by atoms with E-state index in [9.17, 15) is 19.0 Å². The zero-order valence-electron chi connectivity index (χ0n) is 50.5. The van der Waals surface area contributed by atoms with Crippen LogP contribution in [-0.4, -0.2) is 70.0 Å². The lowest BCUT2D eigenvalue weighted by molar-refractivity contribution is -0.870. The average Bonchev–Trinajstić information content (AvgIpc) is 3.38. The summed E-state index contributed by atoms with van der Waals surface area (Å²) >= 11 is 0. The molecular weight excluding hydrogens is 966 g/mol. The lowest BCUT2D eigenvalue weighted by Crippen LogP contribution is -2.37. The minimum atomic E-state index is -4.64. The zero-order chi connectivity index (χ0) is 55.6. The number of rotatable bonds is 59. The summed E-state index contributed by atoms with van der Waals surface area (Å²) in [7, 11) is 1.16. The fourth-order valence-electron chi connectivity index (χ4n) is 9.12. The van der Waals surface area contributed by atoms with Crippen LogP contribution in [-0.2, 0) is 32.7 Å². The molecule has 0 spiro atoms. The number of phosphoric ester groups is 1. The number of hydrogen-bond donors (Lipinski definition) is 0. The highest BCUT2D eigenvalue weighted by atomic mass is 31.2. The van der Waals surface area contributed by atoms with Crippen molar-refractivity contribution in [3.05, 3.63) is 60.8 Å². The fraction of sp³-hybridized carbons (Fsp3) is 0.818. The van der Waals surface area contributed by atoms with E-state index in [1.165, 1.54) is 180 Å². The van der Waals surface area contributed by atoms with Crippen LogP contribution in [0.2, 0.25) is 0 Å². The van der Waals surface area contributed by atoms with Gasteiger partial charge in [0, 0.05) is 12.8 Å². The molecule has 0 amide bonds. The van der Waals surface area contributed by atoms with E-state index in [0.717, 1.165) is 83.5 Å². The van der Waals surface area contributed by atoms with Crippen LogP contribution in [0.4, 0.5) is 0 Å². The van der Waals surface area contributed by atoms with Crippen LogP contribution in [0.1, 0.15) is 296 Å². The molecule has 444 valence electrons. The molecule has 0 aliphatic rings. The van der Waals surface area contributed by atoms with Crippen LogP contribution >= 0.6 is 7.82 Å². The van der Waals surface area contributed by atoms with Crippen molar-refractivity contribution in [1.29, 1.82) is 0 Å². The lowest BCUT2D eigenvalue weighted by Gasteiger charge is -2.28. The van der Waals surface area contributed by atoms with Gasteiger partial charge in [0.15, 0.2) is 6.10 Å². The van der Waals surface area contributed by atoms with Crippen molar-refractivity contribution in [2.24, 2.45) is 0 Å². The molecule has 0 heterocycles. The van der Waals surface area contributed by atoms with E-state index in [0.29, 0.717) is 17.4 Å². The standard InChI is InChI=1S/C66H122NO8P/c1-6-8-10-12-14-16-18-20-22-24-26-27-28-29-30-31-32-33-34-35-36-37-38-39-41-42-44-46-48-50-52-54-56-58-65(68)72-62-64(63-74-76(70,71)73-61-60-67(3,4)5)75-66(69)59-57-55-53-51-49-47-45-43-40-25-23-21-19-17-15-13-11-9-7-2/h9,11,15,17,21,23-24,26,40,43,64H,6-8,10,12-14,16,18-20,22,25,27-39,41-42,44-63H2,1-5H3/b11-9-,17-15-,23-21-,26-24-,43-40-. The first-order valence-corrected chi connectivity index (χ1v) is 33.5. The molecule has 0 aromatic heterocycles. The number of phosphoric acid groups is 1. The monoisotopic (exact) mass is 1090 g/mol. The summed E-state index contributed by atoms with van der Waals surface area (Å²) in [6, 6.07) is 0. The van der Waals surface area contributed by atoms with E-state index in [2.05, 4.69) is 74.6 Å². The van der Waals surface area contributed by atoms with E-state index < -0.39 is 26.5 Å². The second-order valence-electron chi connectivity index (χ2n) is 22.7. The summed E-state index contributed by atoms with van der Waals surface area (Å²) in [5.74, 6) is -0.840. The predicted octanol–water partition coefficient (Wildman–Crippen LogP) is 19.6. The number of carbonyl (C=O) groups excluding carboxylic acids is 2. The van der Waals surface area contributed by atoms with Crippen molar-refractivity contribution in [2.45, 2.75) is 302 Å². The van der Waals surface area contributed by atoms with E-state index in [-0.39, 0.29) is 32.0 Å². The summed E-state index contributed by atoms with van der Waals surface area (Å²) in [5, 5.41) is 0. The number of carbonyl (C=O) groups is 2. The van der Waals surface area contributed by atoms with Crippen molar-refractivity contribution in [2.75, 3.05) is 47.5 Å². The van der Waals surface area contributed by atoms with Gasteiger partial charge in [-0.3, -0.25) is 14.2 Å². The molecule has 76 heavy (non-hydrogen) atoms. The summed E-state index contributed by atoms with van der Waals surface area (Å²) in [6.07, 6.45) is 74.4. The summed E-state index contributed by atoms with van der Waals surface area (Å²) in [4.78, 5) is 37.9. The van der Waals surface area contributed by atoms with Gasteiger partial charge in [-0.1, -0.05) is 267 Å². The fourth-order valence-corrected chi connectivity index (χ4v) is 9.84. The van der Waals surface area contributed by atoms with E-state index in [1.54, 1.807) is 0 Å². The van der Waals surface area contributed by atoms with Gasteiger partial charge in [0.1, 0.15) is 19.8 Å². The molecule has 0 radical (unpaired) electrons. The largest absolute Gasteiger partial charge is 0.756 e. The molecule has 0 aromatic carbocycles. The number of allylic oxidation sites excluding steroid dienone is 10. The molecule has 0 aromatic rings. The third-order valence-corrected chi connectivity index (χ3v) is 15.0. The molecule has 0 aliphatic heterocycles. The summed E-state index contributed by atoms with van der Waals surface area (Å²) in [5.41, 5.74) is 0. The highest BCUT2D eigenvalue weighted by molar-refractivity contribution is 7.45. The highest BCUT2D eigenvalue weighted by Gasteiger charge is 2.22. The maximum absolute atomic E-state index is 12.8. The lowest BCUT2D eigenvalue weighted by atomic mass is 10.0.